The Labute approximate surface area is 105 Å². The number of aliphatic hydroxyl groups excluding tert-OH is 1. The molecule has 1 atom stereocenters. The minimum absolute atomic E-state index is 0.201. The standard InChI is InChI=1S/C12H14ClNO3/c1-12(7-15)8-17-14(11(12)16)6-9-4-2-3-5-10(9)13/h2-5,15H,6-8H2,1H3/t12-/m1/s1. The highest BCUT2D eigenvalue weighted by Crippen LogP contribution is 2.29. The molecule has 0 aliphatic carbocycles. The first-order valence-electron chi connectivity index (χ1n) is 5.36. The molecule has 1 aliphatic rings. The molecule has 2 rings (SSSR count). The average Bonchev–Trinajstić information content (AvgIpc) is 2.61. The van der Waals surface area contributed by atoms with E-state index in [0.29, 0.717) is 11.6 Å². The number of nitrogens with zero attached hydrogens (tertiary/aromatic N) is 1. The summed E-state index contributed by atoms with van der Waals surface area (Å²) >= 11 is 6.01. The molecule has 1 N–H and O–H groups in total. The topological polar surface area (TPSA) is 49.8 Å². The Balaban J connectivity index is 2.12. The Morgan fingerprint density at radius 2 is 2.24 bits per heavy atom. The van der Waals surface area contributed by atoms with Crippen LogP contribution < -0.4 is 0 Å². The molecule has 1 aromatic rings. The van der Waals surface area contributed by atoms with Crippen molar-refractivity contribution in [2.45, 2.75) is 13.5 Å². The van der Waals surface area contributed by atoms with E-state index in [1.54, 1.807) is 13.0 Å². The Morgan fingerprint density at radius 3 is 2.82 bits per heavy atom. The van der Waals surface area contributed by atoms with Crippen molar-refractivity contribution in [2.24, 2.45) is 5.41 Å². The second kappa shape index (κ2) is 4.64. The third-order valence-corrected chi connectivity index (χ3v) is 3.27. The number of halogens is 1. The fourth-order valence-corrected chi connectivity index (χ4v) is 1.85. The van der Waals surface area contributed by atoms with Crippen molar-refractivity contribution in [3.8, 4) is 0 Å². The van der Waals surface area contributed by atoms with E-state index >= 15 is 0 Å². The fourth-order valence-electron chi connectivity index (χ4n) is 1.65. The Bertz CT molecular complexity index is 438. The molecular weight excluding hydrogens is 242 g/mol. The second-order valence-electron chi connectivity index (χ2n) is 4.43. The molecule has 17 heavy (non-hydrogen) atoms. The van der Waals surface area contributed by atoms with E-state index in [-0.39, 0.29) is 19.1 Å². The van der Waals surface area contributed by atoms with Gasteiger partial charge in [-0.3, -0.25) is 9.63 Å². The number of hydroxylamine groups is 2. The number of rotatable bonds is 3. The summed E-state index contributed by atoms with van der Waals surface area (Å²) in [5, 5.41) is 11.0. The third-order valence-electron chi connectivity index (χ3n) is 2.90. The van der Waals surface area contributed by atoms with Gasteiger partial charge in [-0.25, -0.2) is 5.06 Å². The monoisotopic (exact) mass is 255 g/mol. The van der Waals surface area contributed by atoms with Crippen molar-refractivity contribution in [3.05, 3.63) is 34.9 Å². The van der Waals surface area contributed by atoms with E-state index in [2.05, 4.69) is 0 Å². The maximum Gasteiger partial charge on any atom is 0.257 e. The second-order valence-corrected chi connectivity index (χ2v) is 4.83. The summed E-state index contributed by atoms with van der Waals surface area (Å²) in [4.78, 5) is 17.3. The molecule has 1 fully saturated rings. The van der Waals surface area contributed by atoms with Crippen LogP contribution in [0.3, 0.4) is 0 Å². The molecule has 92 valence electrons. The first-order chi connectivity index (χ1) is 8.07. The van der Waals surface area contributed by atoms with E-state index in [0.717, 1.165) is 5.56 Å². The van der Waals surface area contributed by atoms with Gasteiger partial charge in [0.1, 0.15) is 0 Å². The van der Waals surface area contributed by atoms with Gasteiger partial charge < -0.3 is 5.11 Å². The van der Waals surface area contributed by atoms with Gasteiger partial charge in [0.15, 0.2) is 0 Å². The minimum Gasteiger partial charge on any atom is -0.395 e. The minimum atomic E-state index is -0.832. The Hall–Kier alpha value is -1.10. The number of carbonyl (C=O) groups is 1. The van der Waals surface area contributed by atoms with Crippen molar-refractivity contribution in [3.63, 3.8) is 0 Å². The van der Waals surface area contributed by atoms with Crippen molar-refractivity contribution in [1.82, 2.24) is 5.06 Å². The lowest BCUT2D eigenvalue weighted by molar-refractivity contribution is -0.165. The highest BCUT2D eigenvalue weighted by atomic mass is 35.5. The van der Waals surface area contributed by atoms with E-state index in [1.807, 2.05) is 18.2 Å². The molecule has 0 spiro atoms. The molecule has 5 heteroatoms. The van der Waals surface area contributed by atoms with Crippen LogP contribution in [0.4, 0.5) is 0 Å². The van der Waals surface area contributed by atoms with Gasteiger partial charge in [0, 0.05) is 5.02 Å². The molecule has 0 radical (unpaired) electrons. The first-order valence-corrected chi connectivity index (χ1v) is 5.74. The lowest BCUT2D eigenvalue weighted by atomic mass is 9.93. The summed E-state index contributed by atoms with van der Waals surface area (Å²) in [5.41, 5.74) is -0.00828. The summed E-state index contributed by atoms with van der Waals surface area (Å²) in [7, 11) is 0. The summed E-state index contributed by atoms with van der Waals surface area (Å²) in [6.45, 7) is 1.97. The van der Waals surface area contributed by atoms with E-state index < -0.39 is 5.41 Å². The molecule has 0 bridgehead atoms. The molecule has 1 heterocycles. The zero-order valence-corrected chi connectivity index (χ0v) is 10.3. The molecule has 0 saturated carbocycles. The molecule has 4 nitrogen and oxygen atoms in total. The first kappa shape index (κ1) is 12.4. The van der Waals surface area contributed by atoms with Crippen LogP contribution in [-0.4, -0.2) is 29.3 Å². The lowest BCUT2D eigenvalue weighted by Gasteiger charge is -2.18. The smallest absolute Gasteiger partial charge is 0.257 e. The molecule has 0 unspecified atom stereocenters. The van der Waals surface area contributed by atoms with Crippen molar-refractivity contribution >= 4 is 17.5 Å². The highest BCUT2D eigenvalue weighted by Gasteiger charge is 2.44. The Morgan fingerprint density at radius 1 is 1.53 bits per heavy atom. The fraction of sp³-hybridized carbons (Fsp3) is 0.417. The van der Waals surface area contributed by atoms with Crippen LogP contribution in [0.15, 0.2) is 24.3 Å². The van der Waals surface area contributed by atoms with E-state index in [9.17, 15) is 9.90 Å². The Kier molecular flexibility index (Phi) is 3.38. The summed E-state index contributed by atoms with van der Waals surface area (Å²) in [6, 6.07) is 7.29. The normalized spacial score (nSPS) is 24.4. The molecule has 1 aromatic carbocycles. The number of aliphatic hydroxyl groups is 1. The maximum absolute atomic E-state index is 12.0. The van der Waals surface area contributed by atoms with Gasteiger partial charge in [-0.15, -0.1) is 0 Å². The van der Waals surface area contributed by atoms with Crippen LogP contribution in [-0.2, 0) is 16.2 Å². The molecular formula is C12H14ClNO3. The van der Waals surface area contributed by atoms with Crippen molar-refractivity contribution in [2.75, 3.05) is 13.2 Å². The van der Waals surface area contributed by atoms with Crippen LogP contribution in [0.5, 0.6) is 0 Å². The number of benzene rings is 1. The van der Waals surface area contributed by atoms with Gasteiger partial charge in [-0.05, 0) is 18.6 Å². The summed E-state index contributed by atoms with van der Waals surface area (Å²) in [5.74, 6) is -0.208. The van der Waals surface area contributed by atoms with E-state index in [1.165, 1.54) is 5.06 Å². The van der Waals surface area contributed by atoms with Crippen LogP contribution in [0, 0.1) is 5.41 Å². The van der Waals surface area contributed by atoms with Gasteiger partial charge >= 0.3 is 0 Å². The van der Waals surface area contributed by atoms with Gasteiger partial charge in [-0.2, -0.15) is 0 Å². The zero-order chi connectivity index (χ0) is 12.5. The maximum atomic E-state index is 12.0. The lowest BCUT2D eigenvalue weighted by Crippen LogP contribution is -2.35. The van der Waals surface area contributed by atoms with E-state index in [4.69, 9.17) is 16.4 Å². The van der Waals surface area contributed by atoms with Gasteiger partial charge in [0.25, 0.3) is 5.91 Å². The SMILES string of the molecule is C[C@@]1(CO)CON(Cc2ccccc2Cl)C1=O. The van der Waals surface area contributed by atoms with Gasteiger partial charge in [-0.1, -0.05) is 29.8 Å². The largest absolute Gasteiger partial charge is 0.395 e. The number of hydrogen-bond donors (Lipinski definition) is 1. The third kappa shape index (κ3) is 2.29. The number of carbonyl (C=O) groups excluding carboxylic acids is 1. The van der Waals surface area contributed by atoms with Crippen molar-refractivity contribution in [1.29, 1.82) is 0 Å². The molecule has 0 aromatic heterocycles. The zero-order valence-electron chi connectivity index (χ0n) is 9.52. The van der Waals surface area contributed by atoms with Gasteiger partial charge in [0.05, 0.1) is 25.2 Å². The predicted octanol–water partition coefficient (Wildman–Crippen LogP) is 1.61. The molecule has 1 aliphatic heterocycles. The quantitative estimate of drug-likeness (QED) is 0.893. The van der Waals surface area contributed by atoms with Crippen LogP contribution in [0.1, 0.15) is 12.5 Å². The van der Waals surface area contributed by atoms with Crippen LogP contribution in [0.25, 0.3) is 0 Å². The molecule has 1 saturated heterocycles. The number of amides is 1. The summed E-state index contributed by atoms with van der Waals surface area (Å²) in [6.07, 6.45) is 0. The van der Waals surface area contributed by atoms with Crippen molar-refractivity contribution < 1.29 is 14.7 Å². The van der Waals surface area contributed by atoms with Gasteiger partial charge in [0.2, 0.25) is 0 Å². The summed E-state index contributed by atoms with van der Waals surface area (Å²) < 4.78 is 0. The molecule has 1 amide bonds. The average molecular weight is 256 g/mol. The van der Waals surface area contributed by atoms with Crippen LogP contribution >= 0.6 is 11.6 Å². The van der Waals surface area contributed by atoms with Crippen LogP contribution in [0.2, 0.25) is 5.02 Å². The highest BCUT2D eigenvalue weighted by molar-refractivity contribution is 6.31. The predicted molar refractivity (Wildman–Crippen MR) is 63.1 cm³/mol. The number of hydrogen-bond acceptors (Lipinski definition) is 3.